The molecule has 0 aliphatic carbocycles. The van der Waals surface area contributed by atoms with Gasteiger partial charge in [-0.3, -0.25) is 4.79 Å². The summed E-state index contributed by atoms with van der Waals surface area (Å²) in [5, 5.41) is 3.01. The number of carbonyl (C=O) groups is 1. The normalized spacial score (nSPS) is 12.0. The third kappa shape index (κ3) is 3.23. The fourth-order valence-corrected chi connectivity index (χ4v) is 2.24. The zero-order chi connectivity index (χ0) is 14.7. The Balaban J connectivity index is 2.17. The standard InChI is InChI=1S/C17H20N2O/c1-11-8-9-12(2)15(10-11)14(4)19-17(20)16-7-5-6-13(3)18-16/h5-10,14H,1-4H3,(H,19,20)/t14-/m0/s1. The molecule has 3 nitrogen and oxygen atoms in total. The van der Waals surface area contributed by atoms with Gasteiger partial charge in [-0.15, -0.1) is 0 Å². The van der Waals surface area contributed by atoms with Gasteiger partial charge in [-0.1, -0.05) is 29.8 Å². The van der Waals surface area contributed by atoms with Crippen molar-refractivity contribution in [3.63, 3.8) is 0 Å². The highest BCUT2D eigenvalue weighted by atomic mass is 16.1. The van der Waals surface area contributed by atoms with Gasteiger partial charge in [0.2, 0.25) is 0 Å². The molecule has 0 radical (unpaired) electrons. The lowest BCUT2D eigenvalue weighted by atomic mass is 10.00. The minimum Gasteiger partial charge on any atom is -0.344 e. The van der Waals surface area contributed by atoms with Crippen molar-refractivity contribution in [2.75, 3.05) is 0 Å². The lowest BCUT2D eigenvalue weighted by Crippen LogP contribution is -2.28. The lowest BCUT2D eigenvalue weighted by Gasteiger charge is -2.17. The molecule has 0 bridgehead atoms. The zero-order valence-electron chi connectivity index (χ0n) is 12.4. The molecule has 2 aromatic rings. The summed E-state index contributed by atoms with van der Waals surface area (Å²) < 4.78 is 0. The SMILES string of the molecule is Cc1ccc(C)c([C@H](C)NC(=O)c2cccc(C)n2)c1. The van der Waals surface area contributed by atoms with Crippen LogP contribution in [0.25, 0.3) is 0 Å². The number of rotatable bonds is 3. The van der Waals surface area contributed by atoms with Crippen LogP contribution in [0.4, 0.5) is 0 Å². The molecule has 1 N–H and O–H groups in total. The molecule has 0 saturated heterocycles. The maximum atomic E-state index is 12.2. The summed E-state index contributed by atoms with van der Waals surface area (Å²) in [5.74, 6) is -0.137. The van der Waals surface area contributed by atoms with Crippen molar-refractivity contribution in [1.29, 1.82) is 0 Å². The maximum absolute atomic E-state index is 12.2. The van der Waals surface area contributed by atoms with E-state index in [0.717, 1.165) is 11.3 Å². The third-order valence-corrected chi connectivity index (χ3v) is 3.37. The average Bonchev–Trinajstić information content (AvgIpc) is 2.41. The van der Waals surface area contributed by atoms with Gasteiger partial charge in [0.15, 0.2) is 0 Å². The van der Waals surface area contributed by atoms with Crippen LogP contribution in [-0.2, 0) is 0 Å². The number of hydrogen-bond acceptors (Lipinski definition) is 2. The highest BCUT2D eigenvalue weighted by Gasteiger charge is 2.14. The molecule has 2 rings (SSSR count). The van der Waals surface area contributed by atoms with E-state index in [9.17, 15) is 4.79 Å². The Morgan fingerprint density at radius 1 is 1.15 bits per heavy atom. The van der Waals surface area contributed by atoms with E-state index >= 15 is 0 Å². The van der Waals surface area contributed by atoms with Crippen molar-refractivity contribution < 1.29 is 4.79 Å². The van der Waals surface area contributed by atoms with Gasteiger partial charge in [-0.2, -0.15) is 0 Å². The summed E-state index contributed by atoms with van der Waals surface area (Å²) in [7, 11) is 0. The lowest BCUT2D eigenvalue weighted by molar-refractivity contribution is 0.0934. The molecule has 104 valence electrons. The number of nitrogens with one attached hydrogen (secondary N) is 1. The van der Waals surface area contributed by atoms with Gasteiger partial charge < -0.3 is 5.32 Å². The summed E-state index contributed by atoms with van der Waals surface area (Å²) in [5.41, 5.74) is 4.83. The van der Waals surface area contributed by atoms with Crippen LogP contribution in [0.2, 0.25) is 0 Å². The Hall–Kier alpha value is -2.16. The van der Waals surface area contributed by atoms with Crippen LogP contribution >= 0.6 is 0 Å². The molecule has 1 atom stereocenters. The van der Waals surface area contributed by atoms with E-state index in [-0.39, 0.29) is 11.9 Å². The molecule has 1 aromatic carbocycles. The van der Waals surface area contributed by atoms with Gasteiger partial charge in [0.05, 0.1) is 6.04 Å². The number of amides is 1. The van der Waals surface area contributed by atoms with Crippen molar-refractivity contribution in [3.8, 4) is 0 Å². The number of aryl methyl sites for hydroxylation is 3. The molecular weight excluding hydrogens is 248 g/mol. The molecule has 1 amide bonds. The number of hydrogen-bond donors (Lipinski definition) is 1. The predicted molar refractivity (Wildman–Crippen MR) is 80.8 cm³/mol. The van der Waals surface area contributed by atoms with Crippen molar-refractivity contribution in [2.45, 2.75) is 33.7 Å². The second-order valence-corrected chi connectivity index (χ2v) is 5.22. The Morgan fingerprint density at radius 3 is 2.60 bits per heavy atom. The van der Waals surface area contributed by atoms with Gasteiger partial charge in [0.1, 0.15) is 5.69 Å². The second kappa shape index (κ2) is 5.87. The molecule has 1 heterocycles. The minimum atomic E-state index is -0.137. The summed E-state index contributed by atoms with van der Waals surface area (Å²) in [6, 6.07) is 11.7. The predicted octanol–water partition coefficient (Wildman–Crippen LogP) is 3.50. The molecule has 0 saturated carbocycles. The van der Waals surface area contributed by atoms with E-state index in [1.807, 2.05) is 26.0 Å². The molecule has 0 spiro atoms. The molecule has 0 fully saturated rings. The fourth-order valence-electron chi connectivity index (χ4n) is 2.24. The first kappa shape index (κ1) is 14.3. The van der Waals surface area contributed by atoms with E-state index in [0.29, 0.717) is 5.69 Å². The highest BCUT2D eigenvalue weighted by molar-refractivity contribution is 5.92. The molecule has 0 aliphatic rings. The third-order valence-electron chi connectivity index (χ3n) is 3.37. The number of benzene rings is 1. The molecule has 20 heavy (non-hydrogen) atoms. The van der Waals surface area contributed by atoms with Crippen LogP contribution in [0.3, 0.4) is 0 Å². The maximum Gasteiger partial charge on any atom is 0.270 e. The Bertz CT molecular complexity index is 635. The van der Waals surface area contributed by atoms with E-state index in [1.54, 1.807) is 6.07 Å². The van der Waals surface area contributed by atoms with Crippen LogP contribution in [-0.4, -0.2) is 10.9 Å². The largest absolute Gasteiger partial charge is 0.344 e. The second-order valence-electron chi connectivity index (χ2n) is 5.22. The van der Waals surface area contributed by atoms with Crippen molar-refractivity contribution in [2.24, 2.45) is 0 Å². The molecule has 0 unspecified atom stereocenters. The summed E-state index contributed by atoms with van der Waals surface area (Å²) in [4.78, 5) is 16.5. The minimum absolute atomic E-state index is 0.0373. The van der Waals surface area contributed by atoms with E-state index in [2.05, 4.69) is 42.3 Å². The van der Waals surface area contributed by atoms with Gasteiger partial charge in [0, 0.05) is 5.69 Å². The van der Waals surface area contributed by atoms with E-state index < -0.39 is 0 Å². The van der Waals surface area contributed by atoms with Gasteiger partial charge in [-0.25, -0.2) is 4.98 Å². The van der Waals surface area contributed by atoms with Gasteiger partial charge >= 0.3 is 0 Å². The van der Waals surface area contributed by atoms with Gasteiger partial charge in [-0.05, 0) is 51.0 Å². The van der Waals surface area contributed by atoms with Crippen molar-refractivity contribution >= 4 is 5.91 Å². The van der Waals surface area contributed by atoms with Crippen molar-refractivity contribution in [1.82, 2.24) is 10.3 Å². The van der Waals surface area contributed by atoms with Crippen LogP contribution in [0, 0.1) is 20.8 Å². The molecular formula is C17H20N2O. The Labute approximate surface area is 120 Å². The quantitative estimate of drug-likeness (QED) is 0.925. The van der Waals surface area contributed by atoms with E-state index in [1.165, 1.54) is 11.1 Å². The number of pyridine rings is 1. The van der Waals surface area contributed by atoms with Crippen LogP contribution in [0.15, 0.2) is 36.4 Å². The first-order valence-electron chi connectivity index (χ1n) is 6.79. The van der Waals surface area contributed by atoms with Crippen molar-refractivity contribution in [3.05, 3.63) is 64.5 Å². The van der Waals surface area contributed by atoms with Crippen LogP contribution in [0.1, 0.15) is 45.8 Å². The molecule has 1 aromatic heterocycles. The number of nitrogens with zero attached hydrogens (tertiary/aromatic N) is 1. The van der Waals surface area contributed by atoms with E-state index in [4.69, 9.17) is 0 Å². The smallest absolute Gasteiger partial charge is 0.270 e. The first-order chi connectivity index (χ1) is 9.47. The summed E-state index contributed by atoms with van der Waals surface area (Å²) in [6.07, 6.45) is 0. The summed E-state index contributed by atoms with van der Waals surface area (Å²) >= 11 is 0. The fraction of sp³-hybridized carbons (Fsp3) is 0.294. The molecule has 0 aliphatic heterocycles. The average molecular weight is 268 g/mol. The summed E-state index contributed by atoms with van der Waals surface area (Å²) in [6.45, 7) is 7.99. The number of aromatic nitrogens is 1. The monoisotopic (exact) mass is 268 g/mol. The Kier molecular flexibility index (Phi) is 4.18. The van der Waals surface area contributed by atoms with Crippen LogP contribution < -0.4 is 5.32 Å². The first-order valence-corrected chi connectivity index (χ1v) is 6.79. The number of carbonyl (C=O) groups excluding carboxylic acids is 1. The Morgan fingerprint density at radius 2 is 1.90 bits per heavy atom. The highest BCUT2D eigenvalue weighted by Crippen LogP contribution is 2.19. The topological polar surface area (TPSA) is 42.0 Å². The molecule has 3 heteroatoms. The van der Waals surface area contributed by atoms with Gasteiger partial charge in [0.25, 0.3) is 5.91 Å². The zero-order valence-corrected chi connectivity index (χ0v) is 12.4. The van der Waals surface area contributed by atoms with Crippen LogP contribution in [0.5, 0.6) is 0 Å².